The molecular weight excluding hydrogens is 542 g/mol. The average Bonchev–Trinajstić information content (AvgIpc) is 3.24. The van der Waals surface area contributed by atoms with Crippen molar-refractivity contribution >= 4 is 23.7 Å². The van der Waals surface area contributed by atoms with Crippen molar-refractivity contribution in [1.82, 2.24) is 9.88 Å². The van der Waals surface area contributed by atoms with Gasteiger partial charge in [-0.1, -0.05) is 30.3 Å². The van der Waals surface area contributed by atoms with Crippen LogP contribution >= 0.6 is 11.8 Å². The van der Waals surface area contributed by atoms with Crippen molar-refractivity contribution in [3.05, 3.63) is 65.5 Å². The van der Waals surface area contributed by atoms with Gasteiger partial charge < -0.3 is 14.9 Å². The molecule has 1 spiro atoms. The molecule has 2 N–H and O–H groups in total. The molecule has 1 unspecified atom stereocenters. The number of thioether (sulfide) groups is 1. The van der Waals surface area contributed by atoms with Gasteiger partial charge >= 0.3 is 24.3 Å². The zero-order valence-corrected chi connectivity index (χ0v) is 20.9. The minimum atomic E-state index is -5.08. The molecule has 210 valence electrons. The SMILES string of the molecule is Cc1ccccc1CN1CC2(CC(OCc3cccnc3)CS2)C1.O=C(O)C(F)(F)F.O=C(O)C(F)(F)F. The molecule has 0 saturated carbocycles. The van der Waals surface area contributed by atoms with Gasteiger partial charge in [-0.2, -0.15) is 26.3 Å². The summed E-state index contributed by atoms with van der Waals surface area (Å²) in [5.74, 6) is -4.39. The number of hydrogen-bond donors (Lipinski definition) is 2. The summed E-state index contributed by atoms with van der Waals surface area (Å²) in [5.41, 5.74) is 4.02. The Kier molecular flexibility index (Phi) is 11.0. The molecule has 7 nitrogen and oxygen atoms in total. The molecular formula is C24H26F6N2O5S. The van der Waals surface area contributed by atoms with Gasteiger partial charge in [0.1, 0.15) is 0 Å². The minimum Gasteiger partial charge on any atom is -0.475 e. The Bertz CT molecular complexity index is 1040. The van der Waals surface area contributed by atoms with Crippen molar-refractivity contribution in [3.8, 4) is 0 Å². The van der Waals surface area contributed by atoms with Gasteiger partial charge in [-0.25, -0.2) is 9.59 Å². The fourth-order valence-corrected chi connectivity index (χ4v) is 5.34. The highest BCUT2D eigenvalue weighted by Crippen LogP contribution is 2.46. The van der Waals surface area contributed by atoms with Crippen molar-refractivity contribution in [1.29, 1.82) is 0 Å². The number of aliphatic carboxylic acids is 2. The predicted molar refractivity (Wildman–Crippen MR) is 126 cm³/mol. The molecule has 4 rings (SSSR count). The third-order valence-electron chi connectivity index (χ3n) is 5.55. The molecule has 0 radical (unpaired) electrons. The van der Waals surface area contributed by atoms with Crippen LogP contribution in [0.4, 0.5) is 26.3 Å². The van der Waals surface area contributed by atoms with Crippen LogP contribution in [0.1, 0.15) is 23.1 Å². The number of benzene rings is 1. The molecule has 38 heavy (non-hydrogen) atoms. The molecule has 2 aliphatic rings. The van der Waals surface area contributed by atoms with Gasteiger partial charge in [-0.05, 0) is 36.1 Å². The van der Waals surface area contributed by atoms with Crippen molar-refractivity contribution in [2.24, 2.45) is 0 Å². The van der Waals surface area contributed by atoms with E-state index in [1.807, 2.05) is 12.3 Å². The summed E-state index contributed by atoms with van der Waals surface area (Å²) in [7, 11) is 0. The molecule has 1 aromatic heterocycles. The van der Waals surface area contributed by atoms with Crippen LogP contribution in [0.3, 0.4) is 0 Å². The first kappa shape index (κ1) is 31.4. The number of pyridine rings is 1. The van der Waals surface area contributed by atoms with Gasteiger partial charge in [-0.3, -0.25) is 9.88 Å². The average molecular weight is 569 g/mol. The second kappa shape index (κ2) is 13.3. The summed E-state index contributed by atoms with van der Waals surface area (Å²) in [5, 5.41) is 14.2. The number of carboxylic acids is 2. The molecule has 0 aliphatic carbocycles. The minimum absolute atomic E-state index is 0.385. The van der Waals surface area contributed by atoms with E-state index in [4.69, 9.17) is 24.5 Å². The standard InChI is InChI=1S/C20H24N2OS.2C2HF3O2/c1-16-5-2-3-7-18(16)11-22-14-20(15-22)9-19(13-24-20)23-12-17-6-4-8-21-10-17;2*3-2(4,5)1(6)7/h2-8,10,19H,9,11-15H2,1H3;2*(H,6,7). The van der Waals surface area contributed by atoms with E-state index in [-0.39, 0.29) is 0 Å². The van der Waals surface area contributed by atoms with E-state index < -0.39 is 24.3 Å². The summed E-state index contributed by atoms with van der Waals surface area (Å²) < 4.78 is 70.0. The third kappa shape index (κ3) is 10.1. The lowest BCUT2D eigenvalue weighted by Gasteiger charge is -2.47. The number of alkyl halides is 6. The molecule has 1 aromatic carbocycles. The number of carboxylic acid groups (broad SMARTS) is 2. The Morgan fingerprint density at radius 3 is 2.13 bits per heavy atom. The third-order valence-corrected chi connectivity index (χ3v) is 7.12. The Labute approximate surface area is 218 Å². The zero-order chi connectivity index (χ0) is 28.6. The van der Waals surface area contributed by atoms with Gasteiger partial charge in [0.15, 0.2) is 0 Å². The molecule has 3 heterocycles. The largest absolute Gasteiger partial charge is 0.490 e. The van der Waals surface area contributed by atoms with Crippen molar-refractivity contribution in [3.63, 3.8) is 0 Å². The molecule has 2 aromatic rings. The monoisotopic (exact) mass is 568 g/mol. The number of carbonyl (C=O) groups is 2. The van der Waals surface area contributed by atoms with Crippen molar-refractivity contribution < 1.29 is 50.9 Å². The maximum absolute atomic E-state index is 10.6. The highest BCUT2D eigenvalue weighted by molar-refractivity contribution is 8.01. The van der Waals surface area contributed by atoms with Crippen LogP contribution in [0.15, 0.2) is 48.8 Å². The van der Waals surface area contributed by atoms with Crippen LogP contribution in [0.2, 0.25) is 0 Å². The molecule has 0 amide bonds. The van der Waals surface area contributed by atoms with Crippen LogP contribution in [-0.4, -0.2) is 74.1 Å². The second-order valence-corrected chi connectivity index (χ2v) is 10.2. The Hall–Kier alpha value is -2.84. The van der Waals surface area contributed by atoms with E-state index >= 15 is 0 Å². The summed E-state index contributed by atoms with van der Waals surface area (Å²) >= 11 is 2.11. The zero-order valence-electron chi connectivity index (χ0n) is 20.1. The van der Waals surface area contributed by atoms with Crippen LogP contribution in [0.25, 0.3) is 0 Å². The summed E-state index contributed by atoms with van der Waals surface area (Å²) in [6.07, 6.45) is -4.90. The fourth-order valence-electron chi connectivity index (χ4n) is 3.74. The number of rotatable bonds is 5. The van der Waals surface area contributed by atoms with Crippen LogP contribution < -0.4 is 0 Å². The maximum Gasteiger partial charge on any atom is 0.490 e. The Morgan fingerprint density at radius 2 is 1.63 bits per heavy atom. The predicted octanol–water partition coefficient (Wildman–Crippen LogP) is 4.93. The number of aromatic nitrogens is 1. The molecule has 1 atom stereocenters. The van der Waals surface area contributed by atoms with Crippen LogP contribution in [0, 0.1) is 6.92 Å². The van der Waals surface area contributed by atoms with E-state index in [0.717, 1.165) is 12.3 Å². The van der Waals surface area contributed by atoms with Gasteiger partial charge in [0, 0.05) is 42.5 Å². The number of aryl methyl sites for hydroxylation is 1. The number of ether oxygens (including phenoxy) is 1. The number of likely N-dealkylation sites (tertiary alicyclic amines) is 1. The first-order chi connectivity index (χ1) is 17.6. The van der Waals surface area contributed by atoms with Gasteiger partial charge in [0.05, 0.1) is 12.7 Å². The Balaban J connectivity index is 0.000000301. The van der Waals surface area contributed by atoms with E-state index in [1.165, 1.54) is 36.2 Å². The van der Waals surface area contributed by atoms with Gasteiger partial charge in [0.25, 0.3) is 0 Å². The lowest BCUT2D eigenvalue weighted by Crippen LogP contribution is -2.58. The number of halogens is 6. The number of hydrogen-bond acceptors (Lipinski definition) is 6. The van der Waals surface area contributed by atoms with Crippen molar-refractivity contribution in [2.75, 3.05) is 18.8 Å². The molecule has 2 aliphatic heterocycles. The second-order valence-electron chi connectivity index (χ2n) is 8.67. The highest BCUT2D eigenvalue weighted by atomic mass is 32.2. The van der Waals surface area contributed by atoms with Crippen molar-refractivity contribution in [2.45, 2.75) is 49.7 Å². The summed E-state index contributed by atoms with van der Waals surface area (Å²) in [6.45, 7) is 6.35. The fraction of sp³-hybridized carbons (Fsp3) is 0.458. The van der Waals surface area contributed by atoms with Gasteiger partial charge in [0.2, 0.25) is 0 Å². The number of nitrogens with zero attached hydrogens (tertiary/aromatic N) is 2. The molecule has 2 saturated heterocycles. The van der Waals surface area contributed by atoms with Crippen LogP contribution in [0.5, 0.6) is 0 Å². The first-order valence-corrected chi connectivity index (χ1v) is 12.1. The quantitative estimate of drug-likeness (QED) is 0.490. The maximum atomic E-state index is 10.6. The lowest BCUT2D eigenvalue weighted by molar-refractivity contribution is -0.193. The molecule has 0 bridgehead atoms. The normalized spacial score (nSPS) is 18.4. The topological polar surface area (TPSA) is 100.0 Å². The van der Waals surface area contributed by atoms with E-state index in [0.29, 0.717) is 17.5 Å². The van der Waals surface area contributed by atoms with E-state index in [1.54, 1.807) is 6.20 Å². The Morgan fingerprint density at radius 1 is 1.05 bits per heavy atom. The summed E-state index contributed by atoms with van der Waals surface area (Å²) in [6, 6.07) is 12.8. The van der Waals surface area contributed by atoms with Gasteiger partial charge in [-0.15, -0.1) is 11.8 Å². The molecule has 14 heteroatoms. The van der Waals surface area contributed by atoms with E-state index in [2.05, 4.69) is 58.9 Å². The smallest absolute Gasteiger partial charge is 0.475 e. The first-order valence-electron chi connectivity index (χ1n) is 11.1. The van der Waals surface area contributed by atoms with Crippen LogP contribution in [-0.2, 0) is 27.5 Å². The molecule has 2 fully saturated rings. The lowest BCUT2D eigenvalue weighted by atomic mass is 9.92. The highest BCUT2D eigenvalue weighted by Gasteiger charge is 2.49. The summed E-state index contributed by atoms with van der Waals surface area (Å²) in [4.78, 5) is 24.5. The van der Waals surface area contributed by atoms with E-state index in [9.17, 15) is 26.3 Å².